The van der Waals surface area contributed by atoms with Crippen molar-refractivity contribution in [2.24, 2.45) is 11.8 Å². The lowest BCUT2D eigenvalue weighted by Gasteiger charge is -2.43. The molecule has 0 bridgehead atoms. The summed E-state index contributed by atoms with van der Waals surface area (Å²) in [6, 6.07) is 21.3. The summed E-state index contributed by atoms with van der Waals surface area (Å²) in [5.74, 6) is 0.553. The third-order valence-electron chi connectivity index (χ3n) is 8.38. The highest BCUT2D eigenvalue weighted by atomic mass is 28.4. The molecule has 1 N–H and O–H groups in total. The van der Waals surface area contributed by atoms with Crippen molar-refractivity contribution >= 4 is 24.5 Å². The van der Waals surface area contributed by atoms with E-state index in [0.29, 0.717) is 19.4 Å². The van der Waals surface area contributed by atoms with Gasteiger partial charge >= 0.3 is 0 Å². The summed E-state index contributed by atoms with van der Waals surface area (Å²) < 4.78 is 12.8. The molecule has 1 fully saturated rings. The minimum atomic E-state index is -2.59. The van der Waals surface area contributed by atoms with Crippen LogP contribution in [0.1, 0.15) is 66.7 Å². The lowest BCUT2D eigenvalue weighted by Crippen LogP contribution is -2.66. The molecule has 0 heterocycles. The summed E-state index contributed by atoms with van der Waals surface area (Å²) in [5.41, 5.74) is 2.21. The first-order valence-electron chi connectivity index (χ1n) is 14.4. The van der Waals surface area contributed by atoms with Crippen LogP contribution in [0.25, 0.3) is 0 Å². The molecule has 39 heavy (non-hydrogen) atoms. The molecule has 1 saturated carbocycles. The second kappa shape index (κ2) is 14.4. The number of carbonyl (C=O) groups excluding carboxylic acids is 1. The molecule has 3 atom stereocenters. The molecule has 0 saturated heterocycles. The molecule has 1 aliphatic rings. The zero-order chi connectivity index (χ0) is 28.5. The Kier molecular flexibility index (Phi) is 11.5. The molecule has 0 aliphatic heterocycles. The fraction of sp³-hybridized carbons (Fsp3) is 0.500. The molecule has 0 amide bonds. The van der Waals surface area contributed by atoms with Crippen molar-refractivity contribution in [3.05, 3.63) is 84.0 Å². The molecule has 2 aromatic carbocycles. The molecular formula is C34H48O4Si. The Morgan fingerprint density at radius 1 is 1.00 bits per heavy atom. The number of rotatable bonds is 12. The Morgan fingerprint density at radius 2 is 1.59 bits per heavy atom. The van der Waals surface area contributed by atoms with Gasteiger partial charge in [0.25, 0.3) is 8.32 Å². The maximum absolute atomic E-state index is 13.2. The Morgan fingerprint density at radius 3 is 2.10 bits per heavy atom. The number of benzene rings is 2. The van der Waals surface area contributed by atoms with E-state index in [4.69, 9.17) is 9.16 Å². The number of carbonyl (C=O) groups is 1. The van der Waals surface area contributed by atoms with Gasteiger partial charge in [0, 0.05) is 20.1 Å². The van der Waals surface area contributed by atoms with E-state index < -0.39 is 8.32 Å². The molecule has 5 heteroatoms. The van der Waals surface area contributed by atoms with Gasteiger partial charge in [-0.15, -0.1) is 0 Å². The standard InChI is InChI=1S/C34H48O4Si/c1-26(24-28(36)25-32-31(27(2)20-22-35)18-13-19-33(32)37-6)21-23-38-39(34(3,4)5,29-14-9-7-10-15-29)30-16-11-8-12-17-30/h7-12,14-17,20,24,31-33,35H,13,18-19,21-23,25H2,1-6H3/b26-24-,27-20+/t31-,32-,33+/m0/s1. The topological polar surface area (TPSA) is 55.8 Å². The number of methoxy groups -OCH3 is 1. The van der Waals surface area contributed by atoms with Gasteiger partial charge in [-0.25, -0.2) is 0 Å². The van der Waals surface area contributed by atoms with Crippen LogP contribution in [0.2, 0.25) is 5.04 Å². The third kappa shape index (κ3) is 7.67. The van der Waals surface area contributed by atoms with Gasteiger partial charge < -0.3 is 14.3 Å². The first kappa shape index (κ1) is 31.2. The van der Waals surface area contributed by atoms with Crippen LogP contribution in [0, 0.1) is 11.8 Å². The lowest BCUT2D eigenvalue weighted by atomic mass is 9.71. The minimum absolute atomic E-state index is 0.0327. The van der Waals surface area contributed by atoms with Gasteiger partial charge in [0.05, 0.1) is 12.7 Å². The summed E-state index contributed by atoms with van der Waals surface area (Å²) in [7, 11) is -0.841. The average molecular weight is 549 g/mol. The zero-order valence-electron chi connectivity index (χ0n) is 24.8. The number of hydrogen-bond donors (Lipinski definition) is 1. The van der Waals surface area contributed by atoms with Gasteiger partial charge in [-0.1, -0.05) is 105 Å². The summed E-state index contributed by atoms with van der Waals surface area (Å²) >= 11 is 0. The van der Waals surface area contributed by atoms with Crippen LogP contribution in [-0.2, 0) is 14.0 Å². The van der Waals surface area contributed by atoms with Crippen LogP contribution >= 0.6 is 0 Å². The Balaban J connectivity index is 1.76. The van der Waals surface area contributed by atoms with Crippen LogP contribution < -0.4 is 10.4 Å². The van der Waals surface area contributed by atoms with E-state index >= 15 is 0 Å². The van der Waals surface area contributed by atoms with Crippen molar-refractivity contribution in [2.45, 2.75) is 77.9 Å². The van der Waals surface area contributed by atoms with Gasteiger partial charge in [-0.2, -0.15) is 0 Å². The molecule has 3 rings (SSSR count). The third-order valence-corrected chi connectivity index (χ3v) is 13.4. The maximum atomic E-state index is 13.2. The van der Waals surface area contributed by atoms with Crippen molar-refractivity contribution in [1.29, 1.82) is 0 Å². The van der Waals surface area contributed by atoms with Crippen LogP contribution in [-0.4, -0.2) is 45.6 Å². The number of hydrogen-bond acceptors (Lipinski definition) is 4. The number of ketones is 1. The minimum Gasteiger partial charge on any atom is -0.407 e. The Hall–Kier alpha value is -2.31. The Bertz CT molecular complexity index is 1060. The fourth-order valence-electron chi connectivity index (χ4n) is 6.42. The van der Waals surface area contributed by atoms with Crippen molar-refractivity contribution < 1.29 is 19.1 Å². The molecule has 4 nitrogen and oxygen atoms in total. The van der Waals surface area contributed by atoms with Gasteiger partial charge in [0.2, 0.25) is 0 Å². The van der Waals surface area contributed by atoms with E-state index in [9.17, 15) is 9.90 Å². The summed E-state index contributed by atoms with van der Waals surface area (Å²) in [6.07, 6.45) is 8.04. The van der Waals surface area contributed by atoms with Crippen LogP contribution in [0.15, 0.2) is 84.0 Å². The predicted octanol–water partition coefficient (Wildman–Crippen LogP) is 6.23. The van der Waals surface area contributed by atoms with Crippen LogP contribution in [0.5, 0.6) is 0 Å². The largest absolute Gasteiger partial charge is 0.407 e. The molecule has 212 valence electrons. The molecule has 1 aliphatic carbocycles. The van der Waals surface area contributed by atoms with Crippen molar-refractivity contribution in [3.8, 4) is 0 Å². The highest BCUT2D eigenvalue weighted by Crippen LogP contribution is 2.39. The monoisotopic (exact) mass is 548 g/mol. The first-order chi connectivity index (χ1) is 18.6. The molecule has 0 aromatic heterocycles. The van der Waals surface area contributed by atoms with Crippen LogP contribution in [0.3, 0.4) is 0 Å². The number of ether oxygens (including phenoxy) is 1. The maximum Gasteiger partial charge on any atom is 0.261 e. The molecular weight excluding hydrogens is 500 g/mol. The first-order valence-corrected chi connectivity index (χ1v) is 16.3. The second-order valence-corrected chi connectivity index (χ2v) is 16.3. The highest BCUT2D eigenvalue weighted by Gasteiger charge is 2.50. The number of allylic oxidation sites excluding steroid dienone is 2. The smallest absolute Gasteiger partial charge is 0.261 e. The highest BCUT2D eigenvalue weighted by molar-refractivity contribution is 6.99. The van der Waals surface area contributed by atoms with E-state index in [1.807, 2.05) is 19.1 Å². The van der Waals surface area contributed by atoms with Crippen molar-refractivity contribution in [1.82, 2.24) is 0 Å². The van der Waals surface area contributed by atoms with E-state index in [1.165, 1.54) is 10.4 Å². The molecule has 0 unspecified atom stereocenters. The quantitative estimate of drug-likeness (QED) is 0.194. The Labute approximate surface area is 237 Å². The molecule has 0 radical (unpaired) electrons. The summed E-state index contributed by atoms with van der Waals surface area (Å²) in [4.78, 5) is 13.2. The van der Waals surface area contributed by atoms with Crippen molar-refractivity contribution in [3.63, 3.8) is 0 Å². The lowest BCUT2D eigenvalue weighted by molar-refractivity contribution is -0.118. The summed E-state index contributed by atoms with van der Waals surface area (Å²) in [5, 5.41) is 11.9. The van der Waals surface area contributed by atoms with Crippen molar-refractivity contribution in [2.75, 3.05) is 20.3 Å². The van der Waals surface area contributed by atoms with E-state index in [-0.39, 0.29) is 35.4 Å². The van der Waals surface area contributed by atoms with E-state index in [0.717, 1.165) is 30.4 Å². The average Bonchev–Trinajstić information content (AvgIpc) is 2.91. The number of aliphatic hydroxyl groups is 1. The van der Waals surface area contributed by atoms with E-state index in [1.54, 1.807) is 7.11 Å². The molecule has 0 spiro atoms. The van der Waals surface area contributed by atoms with E-state index in [2.05, 4.69) is 88.4 Å². The second-order valence-electron chi connectivity index (χ2n) is 12.0. The van der Waals surface area contributed by atoms with Crippen LogP contribution in [0.4, 0.5) is 0 Å². The number of aliphatic hydroxyl groups excluding tert-OH is 1. The van der Waals surface area contributed by atoms with Gasteiger partial charge in [0.1, 0.15) is 0 Å². The van der Waals surface area contributed by atoms with Gasteiger partial charge in [0.15, 0.2) is 5.78 Å². The van der Waals surface area contributed by atoms with Gasteiger partial charge in [-0.05, 0) is 66.4 Å². The molecule has 2 aromatic rings. The summed E-state index contributed by atoms with van der Waals surface area (Å²) in [6.45, 7) is 11.6. The SMILES string of the molecule is CO[C@@H]1CCC[C@@H](/C(C)=C/CO)[C@@H]1CC(=O)/C=C(/C)CCO[Si](c1ccccc1)(c1ccccc1)C(C)(C)C. The van der Waals surface area contributed by atoms with Gasteiger partial charge in [-0.3, -0.25) is 4.79 Å². The normalized spacial score (nSPS) is 21.2. The zero-order valence-corrected chi connectivity index (χ0v) is 25.8. The predicted molar refractivity (Wildman–Crippen MR) is 164 cm³/mol. The fourth-order valence-corrected chi connectivity index (χ4v) is 11.0.